The van der Waals surface area contributed by atoms with Crippen molar-refractivity contribution < 1.29 is 145 Å². The first-order valence-corrected chi connectivity index (χ1v) is 7.43. The number of rotatable bonds is 12. The largest absolute Gasteiger partial charge is 3.00 e. The van der Waals surface area contributed by atoms with E-state index in [1.54, 1.807) is 0 Å². The maximum Gasteiger partial charge on any atom is 3.00 e. The third kappa shape index (κ3) is 32.9. The number of ketones is 3. The summed E-state index contributed by atoms with van der Waals surface area (Å²) in [6.07, 6.45) is -3.42. The smallest absolute Gasteiger partial charge is 0.550 e. The Morgan fingerprint density at radius 1 is 0.344 bits per heavy atom. The van der Waals surface area contributed by atoms with E-state index >= 15 is 0 Å². The summed E-state index contributed by atoms with van der Waals surface area (Å²) in [4.78, 5) is 88.1. The van der Waals surface area contributed by atoms with Crippen LogP contribution >= 0.6 is 0 Å². The van der Waals surface area contributed by atoms with E-state index in [2.05, 4.69) is 0 Å². The first kappa shape index (κ1) is 40.6. The minimum absolute atomic E-state index is 0. The fourth-order valence-corrected chi connectivity index (χ4v) is 0.953. The van der Waals surface area contributed by atoms with Gasteiger partial charge in [-0.3, -0.25) is 14.4 Å². The molecule has 0 rings (SSSR count). The second-order valence-corrected chi connectivity index (χ2v) is 4.75. The van der Waals surface area contributed by atoms with Gasteiger partial charge in [0.25, 0.3) is 0 Å². The van der Waals surface area contributed by atoms with Crippen LogP contribution in [0.1, 0.15) is 38.5 Å². The molecular weight excluding hydrogens is 698 g/mol. The molecule has 0 saturated carbocycles. The quantitative estimate of drug-likeness (QED) is 0.170. The molecule has 168 valence electrons. The van der Waals surface area contributed by atoms with Crippen molar-refractivity contribution >= 4 is 53.2 Å². The number of aliphatic carboxylic acids is 6. The fourth-order valence-electron chi connectivity index (χ4n) is 0.953. The predicted molar refractivity (Wildman–Crippen MR) is 72.8 cm³/mol. The third-order valence-electron chi connectivity index (χ3n) is 2.35. The van der Waals surface area contributed by atoms with Crippen LogP contribution in [0.3, 0.4) is 0 Å². The molecule has 0 atom stereocenters. The van der Waals surface area contributed by atoms with E-state index in [0.717, 1.165) is 0 Å². The summed E-state index contributed by atoms with van der Waals surface area (Å²) in [6, 6.07) is 0. The van der Waals surface area contributed by atoms with Gasteiger partial charge in [0.1, 0.15) is 17.9 Å². The second-order valence-electron chi connectivity index (χ2n) is 4.75. The van der Waals surface area contributed by atoms with Gasteiger partial charge in [0.15, 0.2) is 17.3 Å². The van der Waals surface area contributed by atoms with Gasteiger partial charge in [-0.05, 0) is 19.3 Å². The molecule has 0 radical (unpaired) electrons. The minimum Gasteiger partial charge on any atom is -0.550 e. The molecule has 15 nitrogen and oxygen atoms in total. The van der Waals surface area contributed by atoms with Crippen LogP contribution in [0.2, 0.25) is 0 Å². The third-order valence-corrected chi connectivity index (χ3v) is 2.35. The summed E-state index contributed by atoms with van der Waals surface area (Å²) in [5.74, 6) is -13.6. The van der Waals surface area contributed by atoms with Gasteiger partial charge in [0.05, 0.1) is 0 Å². The number of carboxylic acids is 6. The van der Waals surface area contributed by atoms with Crippen LogP contribution in [0, 0.1) is 71.2 Å². The van der Waals surface area contributed by atoms with Crippen molar-refractivity contribution in [2.24, 2.45) is 0 Å². The standard InChI is InChI=1S/3C5H6O5.2La/c3*6-3(5(9)10)1-2-4(7)8;;/h3*1-2H2,(H,7,8)(H,9,10);;/q;;;2*+3/p-6. The van der Waals surface area contributed by atoms with Crippen LogP contribution in [0.15, 0.2) is 0 Å². The Morgan fingerprint density at radius 3 is 0.594 bits per heavy atom. The normalized spacial score (nSPS) is 8.25. The Bertz CT molecular complexity index is 619. The van der Waals surface area contributed by atoms with Gasteiger partial charge >= 0.3 is 71.2 Å². The zero-order valence-electron chi connectivity index (χ0n) is 16.0. The molecule has 0 aliphatic heterocycles. The fraction of sp³-hybridized carbons (Fsp3) is 0.400. The van der Waals surface area contributed by atoms with Gasteiger partial charge in [-0.1, -0.05) is 0 Å². The van der Waals surface area contributed by atoms with Gasteiger partial charge in [0.2, 0.25) is 0 Å². The molecule has 0 aromatic carbocycles. The molecule has 0 aromatic heterocycles. The second kappa shape index (κ2) is 23.9. The number of carbonyl (C=O) groups is 9. The average Bonchev–Trinajstić information content (AvgIpc) is 2.62. The van der Waals surface area contributed by atoms with Gasteiger partial charge < -0.3 is 59.4 Å². The summed E-state index contributed by atoms with van der Waals surface area (Å²) >= 11 is 0. The number of hydrogen-bond donors (Lipinski definition) is 0. The van der Waals surface area contributed by atoms with Gasteiger partial charge in [-0.15, -0.1) is 0 Å². The molecule has 0 unspecified atom stereocenters. The van der Waals surface area contributed by atoms with E-state index in [4.69, 9.17) is 0 Å². The maximum absolute atomic E-state index is 10.1. The molecule has 0 bridgehead atoms. The topological polar surface area (TPSA) is 292 Å². The monoisotopic (exact) mass is 710 g/mol. The molecular formula is C15H12La2O15. The van der Waals surface area contributed by atoms with E-state index in [0.29, 0.717) is 0 Å². The minimum atomic E-state index is -1.86. The number of Topliss-reactive ketones (excluding diaryl/α,β-unsaturated/α-hetero) is 3. The van der Waals surface area contributed by atoms with Crippen LogP contribution in [0.4, 0.5) is 0 Å². The van der Waals surface area contributed by atoms with Crippen LogP contribution in [-0.2, 0) is 43.2 Å². The molecule has 17 heteroatoms. The zero-order valence-corrected chi connectivity index (χ0v) is 23.3. The van der Waals surface area contributed by atoms with Crippen LogP contribution in [0.25, 0.3) is 0 Å². The van der Waals surface area contributed by atoms with E-state index in [1.165, 1.54) is 0 Å². The Morgan fingerprint density at radius 2 is 0.500 bits per heavy atom. The van der Waals surface area contributed by atoms with Crippen molar-refractivity contribution in [3.05, 3.63) is 0 Å². The van der Waals surface area contributed by atoms with E-state index in [1.807, 2.05) is 0 Å². The summed E-state index contributed by atoms with van der Waals surface area (Å²) in [7, 11) is 0. The van der Waals surface area contributed by atoms with E-state index in [9.17, 15) is 73.8 Å². The van der Waals surface area contributed by atoms with Crippen LogP contribution in [-0.4, -0.2) is 53.2 Å². The van der Waals surface area contributed by atoms with Crippen LogP contribution < -0.4 is 30.6 Å². The number of carboxylic acid groups (broad SMARTS) is 6. The van der Waals surface area contributed by atoms with Crippen molar-refractivity contribution in [2.75, 3.05) is 0 Å². The molecule has 0 heterocycles. The molecule has 32 heavy (non-hydrogen) atoms. The van der Waals surface area contributed by atoms with Gasteiger partial charge in [-0.25, -0.2) is 0 Å². The van der Waals surface area contributed by atoms with Crippen molar-refractivity contribution in [2.45, 2.75) is 38.5 Å². The molecule has 0 amide bonds. The molecule has 0 N–H and O–H groups in total. The zero-order chi connectivity index (χ0) is 24.4. The van der Waals surface area contributed by atoms with Gasteiger partial charge in [0, 0.05) is 37.2 Å². The summed E-state index contributed by atoms with van der Waals surface area (Å²) < 4.78 is 0. The Labute approximate surface area is 234 Å². The molecule has 0 fully saturated rings. The van der Waals surface area contributed by atoms with Crippen molar-refractivity contribution in [1.82, 2.24) is 0 Å². The Kier molecular flexibility index (Phi) is 30.3. The molecule has 0 aliphatic carbocycles. The maximum atomic E-state index is 10.1. The number of hydrogen-bond acceptors (Lipinski definition) is 15. The average molecular weight is 710 g/mol. The van der Waals surface area contributed by atoms with Crippen molar-refractivity contribution in [3.63, 3.8) is 0 Å². The van der Waals surface area contributed by atoms with Crippen molar-refractivity contribution in [1.29, 1.82) is 0 Å². The predicted octanol–water partition coefficient (Wildman–Crippen LogP) is -9.49. The molecule has 0 spiro atoms. The van der Waals surface area contributed by atoms with Crippen LogP contribution in [0.5, 0.6) is 0 Å². The van der Waals surface area contributed by atoms with Crippen molar-refractivity contribution in [3.8, 4) is 0 Å². The van der Waals surface area contributed by atoms with E-state index < -0.39 is 91.7 Å². The number of carbonyl (C=O) groups excluding carboxylic acids is 9. The summed E-state index contributed by atoms with van der Waals surface area (Å²) in [5.41, 5.74) is 0. The summed E-state index contributed by atoms with van der Waals surface area (Å²) in [5, 5.41) is 57.9. The first-order valence-electron chi connectivity index (χ1n) is 7.43. The molecule has 0 aliphatic rings. The molecule has 0 saturated heterocycles. The Balaban J connectivity index is -0.000000110. The SMILES string of the molecule is O=C([O-])CCC(=O)C(=O)[O-].O=C([O-])CCC(=O)C(=O)[O-].O=C([O-])CCC(=O)C(=O)[O-].[La+3].[La+3]. The van der Waals surface area contributed by atoms with Gasteiger partial charge in [-0.2, -0.15) is 0 Å². The van der Waals surface area contributed by atoms with E-state index in [-0.39, 0.29) is 71.2 Å². The Hall–Kier alpha value is -1.78. The molecule has 0 aromatic rings. The first-order chi connectivity index (χ1) is 13.6. The summed E-state index contributed by atoms with van der Waals surface area (Å²) in [6.45, 7) is 0.